The van der Waals surface area contributed by atoms with Crippen LogP contribution in [-0.2, 0) is 45.5 Å². The van der Waals surface area contributed by atoms with E-state index in [4.69, 9.17) is 22.9 Å². The second kappa shape index (κ2) is 37.3. The van der Waals surface area contributed by atoms with E-state index in [9.17, 15) is 24.2 Å². The minimum Gasteiger partial charge on any atom is -0.466 e. The molecule has 0 bridgehead atoms. The summed E-state index contributed by atoms with van der Waals surface area (Å²) in [4.78, 5) is 35.6. The molecule has 2 N–H and O–H groups in total. The monoisotopic (exact) mass is 921 g/mol. The van der Waals surface area contributed by atoms with Gasteiger partial charge in [0.2, 0.25) is 0 Å². The molecule has 1 aromatic rings. The zero-order valence-corrected chi connectivity index (χ0v) is 42.2. The number of likely N-dealkylation sites (N-methyl/N-ethyl adjacent to an activating group) is 1. The number of esters is 2. The molecular weight excluding hydrogens is 830 g/mol. The number of phosphoric ester groups is 1. The molecule has 0 spiro atoms. The molecule has 0 amide bonds. The highest BCUT2D eigenvalue weighted by atomic mass is 31.2. The van der Waals surface area contributed by atoms with E-state index in [0.717, 1.165) is 70.6 Å². The van der Waals surface area contributed by atoms with Crippen LogP contribution in [-0.4, -0.2) is 86.1 Å². The fraction of sp³-hybridized carbons (Fsp3) is 0.731. The Labute approximate surface area is 389 Å². The summed E-state index contributed by atoms with van der Waals surface area (Å²) < 4.78 is 40.6. The molecule has 0 aromatic carbocycles. The fourth-order valence-electron chi connectivity index (χ4n) is 6.91. The average Bonchev–Trinajstić information content (AvgIpc) is 3.51. The van der Waals surface area contributed by atoms with Gasteiger partial charge in [-0.25, -0.2) is 4.57 Å². The number of hydrogen-bond donors (Lipinski definition) is 2. The van der Waals surface area contributed by atoms with Gasteiger partial charge in [0.25, 0.3) is 0 Å². The Morgan fingerprint density at radius 2 is 1.17 bits per heavy atom. The third-order valence-corrected chi connectivity index (χ3v) is 12.1. The number of phosphoric acid groups is 1. The number of ether oxygens (including phenoxy) is 2. The largest absolute Gasteiger partial charge is 0.472 e. The number of nitrogens with zero attached hydrogens (tertiary/aromatic N) is 1. The zero-order valence-electron chi connectivity index (χ0n) is 41.3. The summed E-state index contributed by atoms with van der Waals surface area (Å²) in [5.41, 5.74) is 2.68. The second-order valence-corrected chi connectivity index (χ2v) is 19.7. The van der Waals surface area contributed by atoms with Gasteiger partial charge in [-0.05, 0) is 82.8 Å². The Morgan fingerprint density at radius 3 is 1.75 bits per heavy atom. The molecule has 0 aliphatic rings. The predicted molar refractivity (Wildman–Crippen MR) is 261 cm³/mol. The van der Waals surface area contributed by atoms with Crippen LogP contribution >= 0.6 is 7.82 Å². The number of hydrogen-bond acceptors (Lipinski definition) is 9. The van der Waals surface area contributed by atoms with Gasteiger partial charge in [-0.2, -0.15) is 0 Å². The number of aliphatic hydroxyl groups excluding tert-OH is 1. The molecule has 1 heterocycles. The third kappa shape index (κ3) is 33.7. The van der Waals surface area contributed by atoms with Crippen molar-refractivity contribution in [3.8, 4) is 0 Å². The number of quaternary nitrogens is 1. The lowest BCUT2D eigenvalue weighted by atomic mass is 10.0. The maximum atomic E-state index is 12.8. The molecule has 0 aliphatic heterocycles. The molecule has 0 fully saturated rings. The van der Waals surface area contributed by atoms with Crippen LogP contribution in [0.15, 0.2) is 53.0 Å². The van der Waals surface area contributed by atoms with E-state index in [-0.39, 0.29) is 32.2 Å². The van der Waals surface area contributed by atoms with Crippen molar-refractivity contribution >= 4 is 19.8 Å². The van der Waals surface area contributed by atoms with Gasteiger partial charge in [0.15, 0.2) is 6.10 Å². The van der Waals surface area contributed by atoms with Crippen molar-refractivity contribution in [1.82, 2.24) is 0 Å². The summed E-state index contributed by atoms with van der Waals surface area (Å²) in [5, 5.41) is 9.84. The van der Waals surface area contributed by atoms with Crippen LogP contribution in [0.25, 0.3) is 0 Å². The van der Waals surface area contributed by atoms with Crippen molar-refractivity contribution in [2.75, 3.05) is 47.5 Å². The van der Waals surface area contributed by atoms with Crippen molar-refractivity contribution in [3.05, 3.63) is 71.3 Å². The Morgan fingerprint density at radius 1 is 0.656 bits per heavy atom. The normalized spacial score (nSPS) is 14.3. The van der Waals surface area contributed by atoms with E-state index in [1.54, 1.807) is 0 Å². The molecule has 11 nitrogen and oxygen atoms in total. The summed E-state index contributed by atoms with van der Waals surface area (Å²) in [5.74, 6) is 1.46. The molecule has 0 saturated carbocycles. The maximum Gasteiger partial charge on any atom is 0.472 e. The second-order valence-electron chi connectivity index (χ2n) is 18.2. The maximum absolute atomic E-state index is 12.8. The smallest absolute Gasteiger partial charge is 0.466 e. The average molecular weight is 921 g/mol. The molecule has 64 heavy (non-hydrogen) atoms. The van der Waals surface area contributed by atoms with E-state index in [2.05, 4.69) is 58.1 Å². The first-order valence-electron chi connectivity index (χ1n) is 24.8. The summed E-state index contributed by atoms with van der Waals surface area (Å²) in [6, 6.07) is 0. The fourth-order valence-corrected chi connectivity index (χ4v) is 7.65. The topological polar surface area (TPSA) is 142 Å². The van der Waals surface area contributed by atoms with Crippen molar-refractivity contribution < 1.29 is 51.6 Å². The Bertz CT molecular complexity index is 1520. The van der Waals surface area contributed by atoms with Gasteiger partial charge in [0, 0.05) is 25.7 Å². The molecule has 12 heteroatoms. The summed E-state index contributed by atoms with van der Waals surface area (Å²) in [7, 11) is 1.40. The standard InChI is InChI=1S/C52H90NO10P/c1-8-10-30-37-49-45(3)46(4)50(63-49)38-32-27-23-19-16-17-21-25-29-34-40-52(56)62-48(44-61-64(57,58)60-42-41-53(5,6)7)43-59-51(55)39-33-28-24-20-15-13-12-14-18-22-26-31-36-47(54)35-11-9-2/h12-13,18,20,22,24,31,36,47-48,54H,8-11,14-17,19,21,23,25-30,32-35,37-44H2,1-7H3/p+1/b13-12-,22-18-,24-20-,36-31-/t47-,48+/m0/s1. The van der Waals surface area contributed by atoms with Gasteiger partial charge in [0.1, 0.15) is 31.3 Å². The van der Waals surface area contributed by atoms with E-state index in [1.165, 1.54) is 80.4 Å². The van der Waals surface area contributed by atoms with Gasteiger partial charge in [-0.15, -0.1) is 0 Å². The Balaban J connectivity index is 2.35. The summed E-state index contributed by atoms with van der Waals surface area (Å²) in [6.45, 7) is 8.53. The lowest BCUT2D eigenvalue weighted by Gasteiger charge is -2.24. The number of aryl methyl sites for hydroxylation is 2. The van der Waals surface area contributed by atoms with Crippen molar-refractivity contribution in [2.45, 2.75) is 200 Å². The first-order chi connectivity index (χ1) is 30.7. The Kier molecular flexibility index (Phi) is 34.5. The number of rotatable bonds is 41. The quantitative estimate of drug-likeness (QED) is 0.0214. The SMILES string of the molecule is CCCCCc1oc(CCCCCCCCCCCCC(=O)O[C@H](COC(=O)CCC/C=C\C/C=C\C/C=C\C/C=C\[C@@H](O)CCCC)COP(=O)(O)OCC[N+](C)(C)C)c(C)c1C. The Hall–Kier alpha value is -2.79. The summed E-state index contributed by atoms with van der Waals surface area (Å²) >= 11 is 0. The highest BCUT2D eigenvalue weighted by Crippen LogP contribution is 2.43. The molecule has 368 valence electrons. The van der Waals surface area contributed by atoms with Crippen LogP contribution in [0.4, 0.5) is 0 Å². The minimum atomic E-state index is -4.41. The molecule has 1 unspecified atom stereocenters. The highest BCUT2D eigenvalue weighted by Gasteiger charge is 2.27. The number of aliphatic hydroxyl groups is 1. The van der Waals surface area contributed by atoms with Gasteiger partial charge in [0.05, 0.1) is 33.9 Å². The van der Waals surface area contributed by atoms with Crippen LogP contribution in [0.5, 0.6) is 0 Å². The zero-order chi connectivity index (χ0) is 47.3. The molecule has 0 saturated heterocycles. The molecule has 1 rings (SSSR count). The third-order valence-electron chi connectivity index (χ3n) is 11.1. The minimum absolute atomic E-state index is 0.00912. The van der Waals surface area contributed by atoms with Crippen LogP contribution in [0, 0.1) is 13.8 Å². The number of allylic oxidation sites excluding steroid dienone is 7. The first kappa shape index (κ1) is 59.2. The first-order valence-corrected chi connectivity index (χ1v) is 26.3. The number of carbonyl (C=O) groups excluding carboxylic acids is 2. The van der Waals surface area contributed by atoms with E-state index in [0.29, 0.717) is 30.3 Å². The number of unbranched alkanes of at least 4 members (excludes halogenated alkanes) is 13. The lowest BCUT2D eigenvalue weighted by Crippen LogP contribution is -2.37. The molecule has 0 aliphatic carbocycles. The summed E-state index contributed by atoms with van der Waals surface area (Å²) in [6.07, 6.45) is 38.9. The number of carbonyl (C=O) groups is 2. The van der Waals surface area contributed by atoms with Crippen molar-refractivity contribution in [2.24, 2.45) is 0 Å². The van der Waals surface area contributed by atoms with Crippen molar-refractivity contribution in [3.63, 3.8) is 0 Å². The number of furan rings is 1. The lowest BCUT2D eigenvalue weighted by molar-refractivity contribution is -0.870. The van der Waals surface area contributed by atoms with Gasteiger partial charge >= 0.3 is 19.8 Å². The van der Waals surface area contributed by atoms with Crippen LogP contribution in [0.1, 0.15) is 184 Å². The van der Waals surface area contributed by atoms with Crippen molar-refractivity contribution in [1.29, 1.82) is 0 Å². The van der Waals surface area contributed by atoms with Crippen LogP contribution in [0.3, 0.4) is 0 Å². The molecule has 0 radical (unpaired) electrons. The molecular formula is C52H91NO10P+. The van der Waals surface area contributed by atoms with E-state index >= 15 is 0 Å². The van der Waals surface area contributed by atoms with Gasteiger partial charge in [-0.3, -0.25) is 18.6 Å². The van der Waals surface area contributed by atoms with Crippen LogP contribution < -0.4 is 0 Å². The predicted octanol–water partition coefficient (Wildman–Crippen LogP) is 12.9. The van der Waals surface area contributed by atoms with Crippen LogP contribution in [0.2, 0.25) is 0 Å². The highest BCUT2D eigenvalue weighted by molar-refractivity contribution is 7.47. The van der Waals surface area contributed by atoms with Gasteiger partial charge < -0.3 is 28.4 Å². The molecule has 1 aromatic heterocycles. The molecule has 3 atom stereocenters. The van der Waals surface area contributed by atoms with E-state index < -0.39 is 32.5 Å². The van der Waals surface area contributed by atoms with E-state index in [1.807, 2.05) is 39.4 Å². The van der Waals surface area contributed by atoms with Gasteiger partial charge in [-0.1, -0.05) is 140 Å².